The van der Waals surface area contributed by atoms with E-state index in [4.69, 9.17) is 9.73 Å². The first-order chi connectivity index (χ1) is 16.9. The number of nitrogens with zero attached hydrogens (tertiary/aromatic N) is 2. The van der Waals surface area contributed by atoms with Crippen molar-refractivity contribution < 1.29 is 14.3 Å². The molecule has 0 aromatic heterocycles. The summed E-state index contributed by atoms with van der Waals surface area (Å²) in [5, 5.41) is 8.68. The number of methoxy groups -OCH3 is 1. The molecule has 0 aliphatic carbocycles. The summed E-state index contributed by atoms with van der Waals surface area (Å²) in [5.74, 6) is 0.718. The molecule has 1 atom stereocenters. The van der Waals surface area contributed by atoms with Gasteiger partial charge >= 0.3 is 0 Å². The van der Waals surface area contributed by atoms with Gasteiger partial charge in [0.05, 0.1) is 30.8 Å². The highest BCUT2D eigenvalue weighted by Gasteiger charge is 2.41. The van der Waals surface area contributed by atoms with Crippen molar-refractivity contribution in [2.45, 2.75) is 33.2 Å². The Labute approximate surface area is 210 Å². The fourth-order valence-corrected chi connectivity index (χ4v) is 5.08. The second kappa shape index (κ2) is 10.8. The van der Waals surface area contributed by atoms with Crippen molar-refractivity contribution in [2.24, 2.45) is 10.9 Å². The van der Waals surface area contributed by atoms with Crippen LogP contribution in [0.25, 0.3) is 0 Å². The van der Waals surface area contributed by atoms with Gasteiger partial charge in [-0.2, -0.15) is 0 Å². The molecule has 8 heteroatoms. The number of hydrogen-bond donors (Lipinski definition) is 2. The van der Waals surface area contributed by atoms with E-state index in [0.717, 1.165) is 16.4 Å². The van der Waals surface area contributed by atoms with Crippen molar-refractivity contribution in [3.05, 3.63) is 82.5 Å². The second-order valence-electron chi connectivity index (χ2n) is 8.83. The summed E-state index contributed by atoms with van der Waals surface area (Å²) in [6.45, 7) is 6.58. The van der Waals surface area contributed by atoms with Gasteiger partial charge in [0.2, 0.25) is 5.91 Å². The molecule has 0 fully saturated rings. The molecule has 2 N–H and O–H groups in total. The van der Waals surface area contributed by atoms with Gasteiger partial charge < -0.3 is 20.3 Å². The number of para-hydroxylation sites is 2. The SMILES string of the molecule is COc1ccccc1C1C(C(=O)Nc2ccccc2)=C(C)N=C2SC=C(CC(=O)NCC(C)C)N21. The highest BCUT2D eigenvalue weighted by atomic mass is 32.2. The molecule has 7 nitrogen and oxygen atoms in total. The maximum Gasteiger partial charge on any atom is 0.255 e. The molecule has 4 rings (SSSR count). The first kappa shape index (κ1) is 24.6. The number of amides is 2. The number of allylic oxidation sites excluding steroid dienone is 1. The molecule has 0 bridgehead atoms. The summed E-state index contributed by atoms with van der Waals surface area (Å²) >= 11 is 1.46. The number of carbonyl (C=O) groups is 2. The van der Waals surface area contributed by atoms with E-state index in [0.29, 0.717) is 35.2 Å². The van der Waals surface area contributed by atoms with E-state index in [1.165, 1.54) is 11.8 Å². The summed E-state index contributed by atoms with van der Waals surface area (Å²) in [7, 11) is 1.62. The number of fused-ring (bicyclic) bond motifs is 1. The zero-order valence-electron chi connectivity index (χ0n) is 20.4. The fourth-order valence-electron chi connectivity index (χ4n) is 4.11. The Morgan fingerprint density at radius 1 is 1.11 bits per heavy atom. The molecule has 2 aromatic rings. The molecule has 0 spiro atoms. The highest BCUT2D eigenvalue weighted by Crippen LogP contribution is 2.46. The van der Waals surface area contributed by atoms with Gasteiger partial charge in [-0.1, -0.05) is 62.0 Å². The highest BCUT2D eigenvalue weighted by molar-refractivity contribution is 8.16. The standard InChI is InChI=1S/C27H30N4O3S/c1-17(2)15-28-23(32)14-20-16-35-27-29-18(3)24(26(33)30-19-10-6-5-7-11-19)25(31(20)27)21-12-8-9-13-22(21)34-4/h5-13,16-17,25H,14-15H2,1-4H3,(H,28,32)(H,30,33). The largest absolute Gasteiger partial charge is 0.496 e. The van der Waals surface area contributed by atoms with Crippen LogP contribution in [0.1, 0.15) is 38.8 Å². The molecule has 2 amide bonds. The first-order valence-electron chi connectivity index (χ1n) is 11.6. The average Bonchev–Trinajstić information content (AvgIpc) is 3.24. The van der Waals surface area contributed by atoms with E-state index in [1.54, 1.807) is 7.11 Å². The Morgan fingerprint density at radius 3 is 2.54 bits per heavy atom. The normalized spacial score (nSPS) is 17.1. The summed E-state index contributed by atoms with van der Waals surface area (Å²) < 4.78 is 5.68. The maximum atomic E-state index is 13.6. The van der Waals surface area contributed by atoms with E-state index in [9.17, 15) is 9.59 Å². The van der Waals surface area contributed by atoms with Crippen LogP contribution in [-0.2, 0) is 9.59 Å². The van der Waals surface area contributed by atoms with Crippen LogP contribution in [0.5, 0.6) is 5.75 Å². The molecular formula is C27H30N4O3S. The molecular weight excluding hydrogens is 460 g/mol. The van der Waals surface area contributed by atoms with Gasteiger partial charge in [-0.15, -0.1) is 0 Å². The summed E-state index contributed by atoms with van der Waals surface area (Å²) in [6.07, 6.45) is 0.191. The third-order valence-electron chi connectivity index (χ3n) is 5.76. The Bertz CT molecular complexity index is 1200. The van der Waals surface area contributed by atoms with E-state index >= 15 is 0 Å². The minimum absolute atomic E-state index is 0.0628. The monoisotopic (exact) mass is 490 g/mol. The minimum Gasteiger partial charge on any atom is -0.496 e. The molecule has 2 heterocycles. The van der Waals surface area contributed by atoms with Gasteiger partial charge in [-0.3, -0.25) is 9.59 Å². The number of amidine groups is 1. The van der Waals surface area contributed by atoms with Gasteiger partial charge in [-0.25, -0.2) is 4.99 Å². The fraction of sp³-hybridized carbons (Fsp3) is 0.296. The number of thioether (sulfide) groups is 1. The smallest absolute Gasteiger partial charge is 0.255 e. The molecule has 35 heavy (non-hydrogen) atoms. The van der Waals surface area contributed by atoms with Crippen LogP contribution >= 0.6 is 11.8 Å². The van der Waals surface area contributed by atoms with Crippen LogP contribution in [0, 0.1) is 5.92 Å². The lowest BCUT2D eigenvalue weighted by molar-refractivity contribution is -0.120. The molecule has 2 aliphatic rings. The van der Waals surface area contributed by atoms with Gasteiger partial charge in [0.25, 0.3) is 5.91 Å². The van der Waals surface area contributed by atoms with Crippen LogP contribution in [0.15, 0.2) is 82.0 Å². The molecule has 2 aromatic carbocycles. The van der Waals surface area contributed by atoms with Crippen molar-refractivity contribution in [1.29, 1.82) is 0 Å². The van der Waals surface area contributed by atoms with E-state index in [2.05, 4.69) is 24.5 Å². The summed E-state index contributed by atoms with van der Waals surface area (Å²) in [5.41, 5.74) is 3.47. The number of anilines is 1. The van der Waals surface area contributed by atoms with Gasteiger partial charge in [-0.05, 0) is 36.4 Å². The first-order valence-corrected chi connectivity index (χ1v) is 12.5. The molecule has 182 valence electrons. The average molecular weight is 491 g/mol. The quantitative estimate of drug-likeness (QED) is 0.540. The number of aliphatic imine (C=N–C) groups is 1. The molecule has 0 saturated heterocycles. The van der Waals surface area contributed by atoms with Crippen molar-refractivity contribution in [3.8, 4) is 5.75 Å². The molecule has 0 saturated carbocycles. The van der Waals surface area contributed by atoms with Crippen molar-refractivity contribution in [3.63, 3.8) is 0 Å². The molecule has 2 aliphatic heterocycles. The second-order valence-corrected chi connectivity index (χ2v) is 9.67. The van der Waals surface area contributed by atoms with Gasteiger partial charge in [0.15, 0.2) is 5.17 Å². The predicted molar refractivity (Wildman–Crippen MR) is 141 cm³/mol. The number of carbonyl (C=O) groups excluding carboxylic acids is 2. The predicted octanol–water partition coefficient (Wildman–Crippen LogP) is 5.07. The number of rotatable bonds is 8. The Hall–Kier alpha value is -3.52. The Morgan fingerprint density at radius 2 is 1.83 bits per heavy atom. The summed E-state index contributed by atoms with van der Waals surface area (Å²) in [6, 6.07) is 16.5. The van der Waals surface area contributed by atoms with Crippen molar-refractivity contribution in [2.75, 3.05) is 19.0 Å². The zero-order valence-corrected chi connectivity index (χ0v) is 21.2. The van der Waals surface area contributed by atoms with Crippen LogP contribution in [0.2, 0.25) is 0 Å². The molecule has 1 unspecified atom stereocenters. The van der Waals surface area contributed by atoms with E-state index in [1.807, 2.05) is 71.8 Å². The number of ether oxygens (including phenoxy) is 1. The van der Waals surface area contributed by atoms with Gasteiger partial charge in [0.1, 0.15) is 5.75 Å². The zero-order chi connectivity index (χ0) is 24.9. The maximum absolute atomic E-state index is 13.6. The summed E-state index contributed by atoms with van der Waals surface area (Å²) in [4.78, 5) is 33.1. The van der Waals surface area contributed by atoms with E-state index in [-0.39, 0.29) is 18.2 Å². The van der Waals surface area contributed by atoms with Crippen LogP contribution in [0.4, 0.5) is 5.69 Å². The van der Waals surface area contributed by atoms with Crippen molar-refractivity contribution >= 4 is 34.4 Å². The number of nitrogens with one attached hydrogen (secondary N) is 2. The van der Waals surface area contributed by atoms with Crippen molar-refractivity contribution in [1.82, 2.24) is 10.2 Å². The van der Waals surface area contributed by atoms with Crippen LogP contribution in [-0.4, -0.2) is 35.5 Å². The third-order valence-corrected chi connectivity index (χ3v) is 6.65. The third kappa shape index (κ3) is 5.43. The van der Waals surface area contributed by atoms with Crippen LogP contribution in [0.3, 0.4) is 0 Å². The Balaban J connectivity index is 1.73. The number of benzene rings is 2. The van der Waals surface area contributed by atoms with E-state index < -0.39 is 6.04 Å². The van der Waals surface area contributed by atoms with Crippen LogP contribution < -0.4 is 15.4 Å². The lowest BCUT2D eigenvalue weighted by atomic mass is 9.92. The lowest BCUT2D eigenvalue weighted by Crippen LogP contribution is -2.39. The lowest BCUT2D eigenvalue weighted by Gasteiger charge is -2.37. The number of hydrogen-bond acceptors (Lipinski definition) is 6. The molecule has 0 radical (unpaired) electrons. The van der Waals surface area contributed by atoms with Gasteiger partial charge in [0, 0.05) is 23.5 Å². The Kier molecular flexibility index (Phi) is 7.60. The minimum atomic E-state index is -0.499. The topological polar surface area (TPSA) is 83.0 Å².